The predicted octanol–water partition coefficient (Wildman–Crippen LogP) is 2.82. The molecule has 0 aromatic rings. The first-order valence-corrected chi connectivity index (χ1v) is 8.03. The number of nitrogens with one attached hydrogen (secondary N) is 1. The summed E-state index contributed by atoms with van der Waals surface area (Å²) in [6.45, 7) is 12.7. The molecule has 0 aliphatic heterocycles. The highest BCUT2D eigenvalue weighted by Crippen LogP contribution is 2.16. The van der Waals surface area contributed by atoms with Gasteiger partial charge in [0.2, 0.25) is 0 Å². The van der Waals surface area contributed by atoms with Crippen LogP contribution in [0.4, 0.5) is 0 Å². The van der Waals surface area contributed by atoms with Crippen LogP contribution in [-0.4, -0.2) is 49.2 Å². The maximum Gasteiger partial charge on any atom is 0.326 e. The van der Waals surface area contributed by atoms with E-state index in [1.807, 2.05) is 13.8 Å². The highest BCUT2D eigenvalue weighted by atomic mass is 16.5. The van der Waals surface area contributed by atoms with E-state index >= 15 is 0 Å². The summed E-state index contributed by atoms with van der Waals surface area (Å²) >= 11 is 0. The van der Waals surface area contributed by atoms with Gasteiger partial charge in [0.1, 0.15) is 5.54 Å². The van der Waals surface area contributed by atoms with E-state index in [1.165, 1.54) is 0 Å². The molecule has 0 aromatic carbocycles. The second-order valence-electron chi connectivity index (χ2n) is 5.82. The minimum absolute atomic E-state index is 0.125. The molecule has 2 atom stereocenters. The summed E-state index contributed by atoms with van der Waals surface area (Å²) in [5.41, 5.74) is -0.553. The predicted molar refractivity (Wildman–Crippen MR) is 84.9 cm³/mol. The molecule has 0 heterocycles. The lowest BCUT2D eigenvalue weighted by Crippen LogP contribution is -2.51. The average Bonchev–Trinajstić information content (AvgIpc) is 2.44. The van der Waals surface area contributed by atoms with Crippen molar-refractivity contribution in [3.63, 3.8) is 0 Å². The van der Waals surface area contributed by atoms with Crippen molar-refractivity contribution >= 4 is 5.97 Å². The van der Waals surface area contributed by atoms with Gasteiger partial charge in [-0.2, -0.15) is 0 Å². The number of rotatable bonds is 11. The standard InChI is InChI=1S/C16H34N2O2/c1-7-12-17-16(5,15(19)20-9-3)11-10-13-18(6)14(4)8-2/h14,17H,7-13H2,1-6H3. The number of esters is 1. The van der Waals surface area contributed by atoms with Crippen LogP contribution in [0.5, 0.6) is 0 Å². The lowest BCUT2D eigenvalue weighted by Gasteiger charge is -2.30. The van der Waals surface area contributed by atoms with E-state index in [2.05, 4.69) is 38.0 Å². The molecule has 4 heteroatoms. The molecule has 20 heavy (non-hydrogen) atoms. The molecule has 0 aliphatic rings. The van der Waals surface area contributed by atoms with E-state index in [1.54, 1.807) is 0 Å². The van der Waals surface area contributed by atoms with E-state index in [4.69, 9.17) is 4.74 Å². The van der Waals surface area contributed by atoms with Crippen LogP contribution in [0.15, 0.2) is 0 Å². The van der Waals surface area contributed by atoms with Gasteiger partial charge in [0.05, 0.1) is 6.61 Å². The van der Waals surface area contributed by atoms with E-state index < -0.39 is 5.54 Å². The first kappa shape index (κ1) is 19.4. The molecule has 0 spiro atoms. The Kier molecular flexibility index (Phi) is 9.86. The molecule has 0 aliphatic carbocycles. The third-order valence-electron chi connectivity index (χ3n) is 4.02. The van der Waals surface area contributed by atoms with Crippen molar-refractivity contribution in [3.8, 4) is 0 Å². The van der Waals surface area contributed by atoms with E-state index in [0.717, 1.165) is 38.8 Å². The SMILES string of the molecule is CCCNC(C)(CCCN(C)C(C)CC)C(=O)OCC. The zero-order chi connectivity index (χ0) is 15.6. The minimum Gasteiger partial charge on any atom is -0.465 e. The lowest BCUT2D eigenvalue weighted by atomic mass is 9.95. The first-order chi connectivity index (χ1) is 9.41. The van der Waals surface area contributed by atoms with Gasteiger partial charge in [0.15, 0.2) is 0 Å². The summed E-state index contributed by atoms with van der Waals surface area (Å²) in [5, 5.41) is 3.35. The quantitative estimate of drug-likeness (QED) is 0.593. The molecule has 0 fully saturated rings. The van der Waals surface area contributed by atoms with Gasteiger partial charge in [0.25, 0.3) is 0 Å². The minimum atomic E-state index is -0.553. The molecular weight excluding hydrogens is 252 g/mol. The van der Waals surface area contributed by atoms with Crippen molar-refractivity contribution in [1.82, 2.24) is 10.2 Å². The number of hydrogen-bond acceptors (Lipinski definition) is 4. The van der Waals surface area contributed by atoms with Gasteiger partial charge in [-0.05, 0) is 66.6 Å². The van der Waals surface area contributed by atoms with Crippen LogP contribution in [0.2, 0.25) is 0 Å². The van der Waals surface area contributed by atoms with Crippen LogP contribution in [0.25, 0.3) is 0 Å². The van der Waals surface area contributed by atoms with Crippen LogP contribution in [-0.2, 0) is 9.53 Å². The molecule has 0 saturated carbocycles. The number of ether oxygens (including phenoxy) is 1. The Morgan fingerprint density at radius 3 is 2.50 bits per heavy atom. The van der Waals surface area contributed by atoms with Crippen molar-refractivity contribution in [2.75, 3.05) is 26.7 Å². The van der Waals surface area contributed by atoms with Crippen molar-refractivity contribution in [3.05, 3.63) is 0 Å². The first-order valence-electron chi connectivity index (χ1n) is 8.03. The highest BCUT2D eigenvalue weighted by Gasteiger charge is 2.33. The summed E-state index contributed by atoms with van der Waals surface area (Å²) in [5.74, 6) is -0.125. The zero-order valence-corrected chi connectivity index (χ0v) is 14.3. The molecular formula is C16H34N2O2. The summed E-state index contributed by atoms with van der Waals surface area (Å²) in [4.78, 5) is 14.5. The Morgan fingerprint density at radius 2 is 2.00 bits per heavy atom. The molecule has 1 N–H and O–H groups in total. The molecule has 0 radical (unpaired) electrons. The summed E-state index contributed by atoms with van der Waals surface area (Å²) < 4.78 is 5.22. The molecule has 0 aromatic heterocycles. The van der Waals surface area contributed by atoms with E-state index in [9.17, 15) is 4.79 Å². The van der Waals surface area contributed by atoms with Crippen LogP contribution in [0.3, 0.4) is 0 Å². The number of hydrogen-bond donors (Lipinski definition) is 1. The molecule has 0 saturated heterocycles. The van der Waals surface area contributed by atoms with Gasteiger partial charge in [-0.15, -0.1) is 0 Å². The summed E-state index contributed by atoms with van der Waals surface area (Å²) in [6, 6.07) is 0.590. The van der Waals surface area contributed by atoms with Crippen LogP contribution in [0, 0.1) is 0 Å². The third kappa shape index (κ3) is 6.71. The zero-order valence-electron chi connectivity index (χ0n) is 14.3. The van der Waals surface area contributed by atoms with Gasteiger partial charge < -0.3 is 15.0 Å². The fraction of sp³-hybridized carbons (Fsp3) is 0.938. The molecule has 0 amide bonds. The van der Waals surface area contributed by atoms with Gasteiger partial charge >= 0.3 is 5.97 Å². The normalized spacial score (nSPS) is 15.9. The van der Waals surface area contributed by atoms with Crippen molar-refractivity contribution in [2.24, 2.45) is 0 Å². The van der Waals surface area contributed by atoms with Crippen LogP contribution < -0.4 is 5.32 Å². The maximum absolute atomic E-state index is 12.1. The number of carbonyl (C=O) groups excluding carboxylic acids is 1. The molecule has 4 nitrogen and oxygen atoms in total. The van der Waals surface area contributed by atoms with Crippen molar-refractivity contribution in [1.29, 1.82) is 0 Å². The Balaban J connectivity index is 4.39. The summed E-state index contributed by atoms with van der Waals surface area (Å²) in [6.07, 6.45) is 3.97. The number of carbonyl (C=O) groups is 1. The molecule has 120 valence electrons. The topological polar surface area (TPSA) is 41.6 Å². The van der Waals surface area contributed by atoms with Gasteiger partial charge in [0, 0.05) is 6.04 Å². The fourth-order valence-electron chi connectivity index (χ4n) is 2.17. The van der Waals surface area contributed by atoms with Gasteiger partial charge in [-0.1, -0.05) is 13.8 Å². The smallest absolute Gasteiger partial charge is 0.326 e. The Hall–Kier alpha value is -0.610. The van der Waals surface area contributed by atoms with Gasteiger partial charge in [-0.3, -0.25) is 4.79 Å². The summed E-state index contributed by atoms with van der Waals surface area (Å²) in [7, 11) is 2.15. The monoisotopic (exact) mass is 286 g/mol. The lowest BCUT2D eigenvalue weighted by molar-refractivity contribution is -0.150. The third-order valence-corrected chi connectivity index (χ3v) is 4.02. The van der Waals surface area contributed by atoms with E-state index in [0.29, 0.717) is 12.6 Å². The average molecular weight is 286 g/mol. The highest BCUT2D eigenvalue weighted by molar-refractivity contribution is 5.80. The Labute approximate surface area is 125 Å². The van der Waals surface area contributed by atoms with Gasteiger partial charge in [-0.25, -0.2) is 0 Å². The molecule has 2 unspecified atom stereocenters. The largest absolute Gasteiger partial charge is 0.465 e. The van der Waals surface area contributed by atoms with E-state index in [-0.39, 0.29) is 5.97 Å². The fourth-order valence-corrected chi connectivity index (χ4v) is 2.17. The molecule has 0 bridgehead atoms. The van der Waals surface area contributed by atoms with Crippen LogP contribution >= 0.6 is 0 Å². The van der Waals surface area contributed by atoms with Crippen molar-refractivity contribution in [2.45, 2.75) is 71.9 Å². The molecule has 0 rings (SSSR count). The second-order valence-corrected chi connectivity index (χ2v) is 5.82. The van der Waals surface area contributed by atoms with Crippen LogP contribution in [0.1, 0.15) is 60.3 Å². The van der Waals surface area contributed by atoms with Crippen molar-refractivity contribution < 1.29 is 9.53 Å². The maximum atomic E-state index is 12.1. The number of nitrogens with zero attached hydrogens (tertiary/aromatic N) is 1. The Morgan fingerprint density at radius 1 is 1.35 bits per heavy atom. The second kappa shape index (κ2) is 10.2. The Bertz CT molecular complexity index is 271.